The molecule has 0 aliphatic carbocycles. The first kappa shape index (κ1) is 13.5. The fourth-order valence-electron chi connectivity index (χ4n) is 2.15. The van der Waals surface area contributed by atoms with E-state index in [1.807, 2.05) is 0 Å². The van der Waals surface area contributed by atoms with Crippen LogP contribution in [0, 0.1) is 0 Å². The maximum absolute atomic E-state index is 3.41. The van der Waals surface area contributed by atoms with Gasteiger partial charge in [0, 0.05) is 19.1 Å². The molecule has 0 saturated carbocycles. The van der Waals surface area contributed by atoms with Crippen LogP contribution in [0.3, 0.4) is 0 Å². The smallest absolute Gasteiger partial charge is 0.0229 e. The van der Waals surface area contributed by atoms with Gasteiger partial charge in [-0.3, -0.25) is 0 Å². The maximum Gasteiger partial charge on any atom is 0.0229 e. The number of hydrogen-bond acceptors (Lipinski definition) is 2. The van der Waals surface area contributed by atoms with Crippen molar-refractivity contribution in [2.75, 3.05) is 26.7 Å². The average Bonchev–Trinajstić information content (AvgIpc) is 2.81. The summed E-state index contributed by atoms with van der Waals surface area (Å²) in [7, 11) is 2.24. The van der Waals surface area contributed by atoms with Crippen LogP contribution in [0.2, 0.25) is 0 Å². The van der Waals surface area contributed by atoms with Gasteiger partial charge in [-0.2, -0.15) is 0 Å². The molecule has 1 fully saturated rings. The number of benzene rings is 1. The average molecular weight is 241 g/mol. The van der Waals surface area contributed by atoms with Crippen molar-refractivity contribution in [3.63, 3.8) is 0 Å². The Morgan fingerprint density at radius 2 is 2.06 bits per heavy atom. The van der Waals surface area contributed by atoms with Gasteiger partial charge < -0.3 is 10.2 Å². The molecule has 0 amide bonds. The third-order valence-corrected chi connectivity index (χ3v) is 3.25. The standard InChI is InChI=1S/C13H20N2.ClH/c1-15(13-7-9-14-11-13)10-8-12-5-3-2-4-6-12;/h2-6,13-14H,7-11H2,1H3;1H. The summed E-state index contributed by atoms with van der Waals surface area (Å²) in [6, 6.07) is 11.5. The van der Waals surface area contributed by atoms with Gasteiger partial charge in [-0.15, -0.1) is 12.4 Å². The molecular weight excluding hydrogens is 220 g/mol. The van der Waals surface area contributed by atoms with Gasteiger partial charge in [0.2, 0.25) is 0 Å². The summed E-state index contributed by atoms with van der Waals surface area (Å²) < 4.78 is 0. The van der Waals surface area contributed by atoms with Crippen molar-refractivity contribution in [3.05, 3.63) is 35.9 Å². The Hall–Kier alpha value is -0.570. The maximum atomic E-state index is 3.41. The van der Waals surface area contributed by atoms with Crippen LogP contribution in [0.1, 0.15) is 12.0 Å². The molecule has 1 aromatic rings. The summed E-state index contributed by atoms with van der Waals surface area (Å²) >= 11 is 0. The van der Waals surface area contributed by atoms with Crippen LogP contribution in [0.15, 0.2) is 30.3 Å². The highest BCUT2D eigenvalue weighted by Crippen LogP contribution is 2.07. The molecule has 1 unspecified atom stereocenters. The lowest BCUT2D eigenvalue weighted by Crippen LogP contribution is -2.34. The number of nitrogens with zero attached hydrogens (tertiary/aromatic N) is 1. The van der Waals surface area contributed by atoms with Gasteiger partial charge in [0.05, 0.1) is 0 Å². The second kappa shape index (κ2) is 6.89. The van der Waals surface area contributed by atoms with Gasteiger partial charge in [0.15, 0.2) is 0 Å². The van der Waals surface area contributed by atoms with Crippen LogP contribution >= 0.6 is 12.4 Å². The molecule has 1 saturated heterocycles. The van der Waals surface area contributed by atoms with E-state index in [0.717, 1.165) is 25.6 Å². The zero-order chi connectivity index (χ0) is 10.5. The quantitative estimate of drug-likeness (QED) is 0.866. The summed E-state index contributed by atoms with van der Waals surface area (Å²) in [5.74, 6) is 0. The monoisotopic (exact) mass is 240 g/mol. The molecule has 0 radical (unpaired) electrons. The van der Waals surface area contributed by atoms with E-state index in [-0.39, 0.29) is 12.4 Å². The molecule has 1 aliphatic heterocycles. The molecule has 2 nitrogen and oxygen atoms in total. The predicted octanol–water partition coefficient (Wildman–Crippen LogP) is 1.94. The van der Waals surface area contributed by atoms with Crippen LogP contribution in [0.5, 0.6) is 0 Å². The fraction of sp³-hybridized carbons (Fsp3) is 0.538. The zero-order valence-electron chi connectivity index (χ0n) is 9.86. The van der Waals surface area contributed by atoms with E-state index in [4.69, 9.17) is 0 Å². The van der Waals surface area contributed by atoms with Crippen molar-refractivity contribution in [1.82, 2.24) is 10.2 Å². The molecule has 2 rings (SSSR count). The van der Waals surface area contributed by atoms with Crippen molar-refractivity contribution >= 4 is 12.4 Å². The van der Waals surface area contributed by atoms with E-state index in [2.05, 4.69) is 47.6 Å². The summed E-state index contributed by atoms with van der Waals surface area (Å²) in [6.45, 7) is 3.50. The van der Waals surface area contributed by atoms with E-state index >= 15 is 0 Å². The Balaban J connectivity index is 0.00000128. The number of nitrogens with one attached hydrogen (secondary N) is 1. The second-order valence-electron chi connectivity index (χ2n) is 4.36. The number of likely N-dealkylation sites (N-methyl/N-ethyl adjacent to an activating group) is 1. The Labute approximate surface area is 104 Å². The number of hydrogen-bond donors (Lipinski definition) is 1. The Morgan fingerprint density at radius 3 is 2.69 bits per heavy atom. The van der Waals surface area contributed by atoms with E-state index in [0.29, 0.717) is 0 Å². The molecular formula is C13H21ClN2. The third-order valence-electron chi connectivity index (χ3n) is 3.25. The molecule has 0 bridgehead atoms. The molecule has 3 heteroatoms. The van der Waals surface area contributed by atoms with Gasteiger partial charge in [-0.1, -0.05) is 30.3 Å². The van der Waals surface area contributed by atoms with E-state index < -0.39 is 0 Å². The molecule has 0 aromatic heterocycles. The van der Waals surface area contributed by atoms with Gasteiger partial charge in [-0.05, 0) is 32.0 Å². The van der Waals surface area contributed by atoms with Crippen molar-refractivity contribution in [2.24, 2.45) is 0 Å². The Bertz CT molecular complexity index is 283. The highest BCUT2D eigenvalue weighted by Gasteiger charge is 2.18. The molecule has 90 valence electrons. The third kappa shape index (κ3) is 3.78. The molecule has 1 heterocycles. The van der Waals surface area contributed by atoms with Crippen molar-refractivity contribution < 1.29 is 0 Å². The minimum absolute atomic E-state index is 0. The first-order valence-electron chi connectivity index (χ1n) is 5.81. The molecule has 1 N–H and O–H groups in total. The largest absolute Gasteiger partial charge is 0.315 e. The van der Waals surface area contributed by atoms with Gasteiger partial charge in [-0.25, -0.2) is 0 Å². The van der Waals surface area contributed by atoms with E-state index in [1.54, 1.807) is 0 Å². The van der Waals surface area contributed by atoms with Crippen molar-refractivity contribution in [3.8, 4) is 0 Å². The number of rotatable bonds is 4. The first-order valence-corrected chi connectivity index (χ1v) is 5.81. The van der Waals surface area contributed by atoms with E-state index in [1.165, 1.54) is 18.5 Å². The minimum Gasteiger partial charge on any atom is -0.315 e. The topological polar surface area (TPSA) is 15.3 Å². The normalized spacial score (nSPS) is 19.8. The lowest BCUT2D eigenvalue weighted by molar-refractivity contribution is 0.260. The number of halogens is 1. The lowest BCUT2D eigenvalue weighted by Gasteiger charge is -2.23. The summed E-state index contributed by atoms with van der Waals surface area (Å²) in [6.07, 6.45) is 2.46. The van der Waals surface area contributed by atoms with Crippen LogP contribution in [-0.2, 0) is 6.42 Å². The van der Waals surface area contributed by atoms with E-state index in [9.17, 15) is 0 Å². The Kier molecular flexibility index (Phi) is 5.81. The fourth-order valence-corrected chi connectivity index (χ4v) is 2.15. The zero-order valence-corrected chi connectivity index (χ0v) is 10.7. The predicted molar refractivity (Wildman–Crippen MR) is 71.3 cm³/mol. The first-order chi connectivity index (χ1) is 7.36. The molecule has 1 aliphatic rings. The molecule has 0 spiro atoms. The summed E-state index contributed by atoms with van der Waals surface area (Å²) in [5.41, 5.74) is 1.44. The highest BCUT2D eigenvalue weighted by molar-refractivity contribution is 5.85. The van der Waals surface area contributed by atoms with Crippen molar-refractivity contribution in [1.29, 1.82) is 0 Å². The Morgan fingerprint density at radius 1 is 1.31 bits per heavy atom. The van der Waals surface area contributed by atoms with Crippen LogP contribution in [0.25, 0.3) is 0 Å². The van der Waals surface area contributed by atoms with Gasteiger partial charge in [0.1, 0.15) is 0 Å². The second-order valence-corrected chi connectivity index (χ2v) is 4.36. The summed E-state index contributed by atoms with van der Waals surface area (Å²) in [4.78, 5) is 2.48. The highest BCUT2D eigenvalue weighted by atomic mass is 35.5. The van der Waals surface area contributed by atoms with Gasteiger partial charge in [0.25, 0.3) is 0 Å². The minimum atomic E-state index is 0. The molecule has 16 heavy (non-hydrogen) atoms. The van der Waals surface area contributed by atoms with Crippen LogP contribution in [0.4, 0.5) is 0 Å². The lowest BCUT2D eigenvalue weighted by atomic mass is 10.1. The van der Waals surface area contributed by atoms with Gasteiger partial charge >= 0.3 is 0 Å². The van der Waals surface area contributed by atoms with Crippen molar-refractivity contribution in [2.45, 2.75) is 18.9 Å². The molecule has 1 aromatic carbocycles. The van der Waals surface area contributed by atoms with Crippen LogP contribution in [-0.4, -0.2) is 37.6 Å². The summed E-state index contributed by atoms with van der Waals surface area (Å²) in [5, 5.41) is 3.41. The SMILES string of the molecule is CN(CCc1ccccc1)C1CCNC1.Cl. The molecule has 1 atom stereocenters. The van der Waals surface area contributed by atoms with Crippen LogP contribution < -0.4 is 5.32 Å².